The molecule has 0 fully saturated rings. The average Bonchev–Trinajstić information content (AvgIpc) is 2.69. The van der Waals surface area contributed by atoms with E-state index in [2.05, 4.69) is 27.8 Å². The van der Waals surface area contributed by atoms with Crippen LogP contribution in [-0.2, 0) is 13.0 Å². The van der Waals surface area contributed by atoms with Crippen molar-refractivity contribution in [3.05, 3.63) is 86.3 Å². The standard InChI is InChI=1S/C22H22BrFN2O/c1-3-4-10-20-25-15(2)21(23)22(27)26(20)14-18-12-11-17(13-19(18)24)16-8-6-5-7-9-16/h5-9,11-13H,3-4,10,14H2,1-2H3. The number of unbranched alkanes of at least 4 members (excludes halogenated alkanes) is 1. The fourth-order valence-corrected chi connectivity index (χ4v) is 3.34. The third-order valence-electron chi connectivity index (χ3n) is 4.60. The van der Waals surface area contributed by atoms with Crippen molar-refractivity contribution in [2.24, 2.45) is 0 Å². The number of rotatable bonds is 6. The van der Waals surface area contributed by atoms with Crippen molar-refractivity contribution in [2.45, 2.75) is 39.7 Å². The number of nitrogens with zero attached hydrogens (tertiary/aromatic N) is 2. The molecule has 5 heteroatoms. The summed E-state index contributed by atoms with van der Waals surface area (Å²) in [5, 5.41) is 0. The first kappa shape index (κ1) is 19.5. The molecule has 0 aliphatic heterocycles. The highest BCUT2D eigenvalue weighted by atomic mass is 79.9. The van der Waals surface area contributed by atoms with Crippen LogP contribution in [0, 0.1) is 12.7 Å². The lowest BCUT2D eigenvalue weighted by Gasteiger charge is -2.15. The smallest absolute Gasteiger partial charge is 0.268 e. The first-order valence-electron chi connectivity index (χ1n) is 9.11. The highest BCUT2D eigenvalue weighted by molar-refractivity contribution is 9.10. The van der Waals surface area contributed by atoms with Crippen LogP contribution in [0.2, 0.25) is 0 Å². The number of halogens is 2. The molecule has 0 amide bonds. The molecular formula is C22H22BrFN2O. The molecule has 0 bridgehead atoms. The molecule has 3 rings (SSSR count). The van der Waals surface area contributed by atoms with Gasteiger partial charge in [-0.25, -0.2) is 9.37 Å². The van der Waals surface area contributed by atoms with Crippen molar-refractivity contribution < 1.29 is 4.39 Å². The second-order valence-electron chi connectivity index (χ2n) is 6.59. The van der Waals surface area contributed by atoms with Gasteiger partial charge < -0.3 is 0 Å². The zero-order valence-electron chi connectivity index (χ0n) is 15.5. The van der Waals surface area contributed by atoms with Gasteiger partial charge in [0.25, 0.3) is 5.56 Å². The lowest BCUT2D eigenvalue weighted by Crippen LogP contribution is -2.27. The minimum atomic E-state index is -0.318. The van der Waals surface area contributed by atoms with E-state index in [-0.39, 0.29) is 17.9 Å². The maximum atomic E-state index is 14.8. The average molecular weight is 429 g/mol. The van der Waals surface area contributed by atoms with E-state index in [0.717, 1.165) is 24.0 Å². The molecule has 0 spiro atoms. The highest BCUT2D eigenvalue weighted by Crippen LogP contribution is 2.22. The topological polar surface area (TPSA) is 34.9 Å². The maximum absolute atomic E-state index is 14.8. The molecular weight excluding hydrogens is 407 g/mol. The quantitative estimate of drug-likeness (QED) is 0.518. The highest BCUT2D eigenvalue weighted by Gasteiger charge is 2.14. The SMILES string of the molecule is CCCCc1nc(C)c(Br)c(=O)n1Cc1ccc(-c2ccccc2)cc1F. The molecule has 140 valence electrons. The zero-order valence-corrected chi connectivity index (χ0v) is 17.1. The molecule has 3 aromatic rings. The number of hydrogen-bond acceptors (Lipinski definition) is 2. The summed E-state index contributed by atoms with van der Waals surface area (Å²) in [6.07, 6.45) is 2.64. The van der Waals surface area contributed by atoms with Gasteiger partial charge >= 0.3 is 0 Å². The first-order chi connectivity index (χ1) is 13.0. The number of hydrogen-bond donors (Lipinski definition) is 0. The Kier molecular flexibility index (Phi) is 6.22. The van der Waals surface area contributed by atoms with E-state index in [1.54, 1.807) is 17.6 Å². The van der Waals surface area contributed by atoms with Crippen LogP contribution in [0.1, 0.15) is 36.8 Å². The van der Waals surface area contributed by atoms with E-state index >= 15 is 0 Å². The van der Waals surface area contributed by atoms with Gasteiger partial charge in [0.1, 0.15) is 16.1 Å². The first-order valence-corrected chi connectivity index (χ1v) is 9.90. The van der Waals surface area contributed by atoms with Crippen LogP contribution >= 0.6 is 15.9 Å². The number of benzene rings is 2. The molecule has 0 atom stereocenters. The Morgan fingerprint density at radius 3 is 2.52 bits per heavy atom. The van der Waals surface area contributed by atoms with Crippen LogP contribution < -0.4 is 5.56 Å². The fourth-order valence-electron chi connectivity index (χ4n) is 3.04. The normalized spacial score (nSPS) is 11.0. The largest absolute Gasteiger partial charge is 0.291 e. The van der Waals surface area contributed by atoms with Crippen molar-refractivity contribution in [1.82, 2.24) is 9.55 Å². The summed E-state index contributed by atoms with van der Waals surface area (Å²) in [4.78, 5) is 17.3. The Labute approximate surface area is 167 Å². The Hall–Kier alpha value is -2.27. The minimum Gasteiger partial charge on any atom is -0.291 e. The lowest BCUT2D eigenvalue weighted by atomic mass is 10.0. The van der Waals surface area contributed by atoms with Crippen LogP contribution in [0.25, 0.3) is 11.1 Å². The molecule has 1 aromatic heterocycles. The summed E-state index contributed by atoms with van der Waals surface area (Å²) >= 11 is 3.32. The van der Waals surface area contributed by atoms with Crippen molar-refractivity contribution >= 4 is 15.9 Å². The van der Waals surface area contributed by atoms with Crippen LogP contribution in [0.3, 0.4) is 0 Å². The third-order valence-corrected chi connectivity index (χ3v) is 5.51. The third kappa shape index (κ3) is 4.35. The van der Waals surface area contributed by atoms with Crippen LogP contribution in [-0.4, -0.2) is 9.55 Å². The van der Waals surface area contributed by atoms with Gasteiger partial charge in [-0.15, -0.1) is 0 Å². The van der Waals surface area contributed by atoms with E-state index in [4.69, 9.17) is 0 Å². The van der Waals surface area contributed by atoms with Crippen LogP contribution in [0.15, 0.2) is 57.8 Å². The molecule has 0 aliphatic carbocycles. The summed E-state index contributed by atoms with van der Waals surface area (Å²) < 4.78 is 16.8. The Morgan fingerprint density at radius 1 is 1.11 bits per heavy atom. The van der Waals surface area contributed by atoms with E-state index < -0.39 is 0 Å². The van der Waals surface area contributed by atoms with Gasteiger partial charge in [0.15, 0.2) is 0 Å². The van der Waals surface area contributed by atoms with Crippen molar-refractivity contribution in [3.63, 3.8) is 0 Å². The number of aromatic nitrogens is 2. The second kappa shape index (κ2) is 8.61. The molecule has 3 nitrogen and oxygen atoms in total. The fraction of sp³-hybridized carbons (Fsp3) is 0.273. The summed E-state index contributed by atoms with van der Waals surface area (Å²) in [5.41, 5.74) is 2.76. The maximum Gasteiger partial charge on any atom is 0.268 e. The van der Waals surface area contributed by atoms with E-state index in [1.807, 2.05) is 36.4 Å². The second-order valence-corrected chi connectivity index (χ2v) is 7.39. The molecule has 2 aromatic carbocycles. The van der Waals surface area contributed by atoms with Crippen LogP contribution in [0.4, 0.5) is 4.39 Å². The van der Waals surface area contributed by atoms with Gasteiger partial charge in [0.2, 0.25) is 0 Å². The van der Waals surface area contributed by atoms with Gasteiger partial charge in [0, 0.05) is 12.0 Å². The van der Waals surface area contributed by atoms with Crippen molar-refractivity contribution in [2.75, 3.05) is 0 Å². The molecule has 0 radical (unpaired) electrons. The molecule has 0 unspecified atom stereocenters. The predicted octanol–water partition coefficient (Wildman–Crippen LogP) is 5.51. The van der Waals surface area contributed by atoms with Crippen molar-refractivity contribution in [3.8, 4) is 11.1 Å². The van der Waals surface area contributed by atoms with Gasteiger partial charge in [-0.1, -0.05) is 55.8 Å². The molecule has 0 N–H and O–H groups in total. The predicted molar refractivity (Wildman–Crippen MR) is 110 cm³/mol. The van der Waals surface area contributed by atoms with E-state index in [1.165, 1.54) is 6.07 Å². The number of aryl methyl sites for hydroxylation is 2. The monoisotopic (exact) mass is 428 g/mol. The summed E-state index contributed by atoms with van der Waals surface area (Å²) in [6, 6.07) is 14.8. The van der Waals surface area contributed by atoms with Crippen molar-refractivity contribution in [1.29, 1.82) is 0 Å². The summed E-state index contributed by atoms with van der Waals surface area (Å²) in [5.74, 6) is 0.385. The van der Waals surface area contributed by atoms with E-state index in [9.17, 15) is 9.18 Å². The minimum absolute atomic E-state index is 0.167. The van der Waals surface area contributed by atoms with Gasteiger partial charge in [-0.3, -0.25) is 9.36 Å². The van der Waals surface area contributed by atoms with Gasteiger partial charge in [-0.2, -0.15) is 0 Å². The zero-order chi connectivity index (χ0) is 19.4. The molecule has 0 saturated heterocycles. The summed E-state index contributed by atoms with van der Waals surface area (Å²) in [6.45, 7) is 4.07. The van der Waals surface area contributed by atoms with Gasteiger partial charge in [0.05, 0.1) is 12.2 Å². The lowest BCUT2D eigenvalue weighted by molar-refractivity contribution is 0.577. The van der Waals surface area contributed by atoms with E-state index in [0.29, 0.717) is 28.0 Å². The Bertz CT molecular complexity index is 999. The van der Waals surface area contributed by atoms with Gasteiger partial charge in [-0.05, 0) is 46.5 Å². The summed E-state index contributed by atoms with van der Waals surface area (Å²) in [7, 11) is 0. The molecule has 0 saturated carbocycles. The molecule has 27 heavy (non-hydrogen) atoms. The van der Waals surface area contributed by atoms with Crippen LogP contribution in [0.5, 0.6) is 0 Å². The Balaban J connectivity index is 1.98. The molecule has 1 heterocycles. The molecule has 0 aliphatic rings. The Morgan fingerprint density at radius 2 is 1.85 bits per heavy atom.